The molecule has 2 aliphatic heterocycles. The number of ether oxygens (including phenoxy) is 1. The number of nitrogens with zero attached hydrogens (tertiary/aromatic N) is 1. The number of amides is 2. The van der Waals surface area contributed by atoms with Crippen LogP contribution in [0.3, 0.4) is 0 Å². The fourth-order valence-corrected chi connectivity index (χ4v) is 5.28. The van der Waals surface area contributed by atoms with Gasteiger partial charge in [-0.1, -0.05) is 6.42 Å². The third-order valence-electron chi connectivity index (χ3n) is 6.43. The van der Waals surface area contributed by atoms with Crippen LogP contribution in [0, 0.1) is 5.92 Å². The van der Waals surface area contributed by atoms with Crippen LogP contribution in [0.1, 0.15) is 51.9 Å². The van der Waals surface area contributed by atoms with Gasteiger partial charge in [0.25, 0.3) is 5.91 Å². The van der Waals surface area contributed by atoms with Crippen LogP contribution in [0.4, 0.5) is 5.69 Å². The first-order valence-corrected chi connectivity index (χ1v) is 10.1. The van der Waals surface area contributed by atoms with Crippen LogP contribution < -0.4 is 14.5 Å². The lowest BCUT2D eigenvalue weighted by atomic mass is 9.77. The number of nitrogens with one attached hydrogen (secondary N) is 1. The van der Waals surface area contributed by atoms with Crippen LogP contribution in [0.2, 0.25) is 0 Å². The maximum Gasteiger partial charge on any atom is 0.292 e. The summed E-state index contributed by atoms with van der Waals surface area (Å²) >= 11 is 0. The summed E-state index contributed by atoms with van der Waals surface area (Å²) in [4.78, 5) is 28.6. The highest BCUT2D eigenvalue weighted by Gasteiger charge is 2.50. The number of imide groups is 1. The molecule has 4 rings (SSSR count). The zero-order valence-corrected chi connectivity index (χ0v) is 15.6. The number of fused-ring (bicyclic) bond motifs is 1. The molecule has 1 saturated carbocycles. The average molecular weight is 357 g/mol. The molecule has 4 atom stereocenters. The van der Waals surface area contributed by atoms with Gasteiger partial charge < -0.3 is 9.64 Å². The molecule has 26 heavy (non-hydrogen) atoms. The monoisotopic (exact) mass is 357 g/mol. The number of hydrogen-bond acceptors (Lipinski definition) is 3. The summed E-state index contributed by atoms with van der Waals surface area (Å²) in [5.41, 5.74) is 0.669. The summed E-state index contributed by atoms with van der Waals surface area (Å²) in [6, 6.07) is 7.67. The van der Waals surface area contributed by atoms with Crippen molar-refractivity contribution in [1.82, 2.24) is 0 Å². The van der Waals surface area contributed by atoms with Crippen molar-refractivity contribution in [3.05, 3.63) is 24.3 Å². The minimum atomic E-state index is -0.194. The zero-order valence-electron chi connectivity index (χ0n) is 15.6. The van der Waals surface area contributed by atoms with Crippen LogP contribution in [0.25, 0.3) is 0 Å². The van der Waals surface area contributed by atoms with E-state index in [2.05, 4.69) is 0 Å². The Balaban J connectivity index is 1.53. The number of anilines is 1. The number of piperidine rings is 1. The first-order valence-electron chi connectivity index (χ1n) is 10.1. The van der Waals surface area contributed by atoms with E-state index in [9.17, 15) is 9.59 Å². The number of carbonyl (C=O) groups excluding carboxylic acids is 2. The van der Waals surface area contributed by atoms with Crippen molar-refractivity contribution < 1.29 is 19.2 Å². The van der Waals surface area contributed by atoms with E-state index in [1.165, 1.54) is 48.3 Å². The molecule has 1 aliphatic carbocycles. The molecule has 140 valence electrons. The molecule has 1 N–H and O–H groups in total. The van der Waals surface area contributed by atoms with Crippen LogP contribution in [0.5, 0.6) is 5.75 Å². The van der Waals surface area contributed by atoms with E-state index in [1.54, 1.807) is 0 Å². The van der Waals surface area contributed by atoms with Gasteiger partial charge in [-0.3, -0.25) is 9.59 Å². The second kappa shape index (κ2) is 7.39. The molecule has 3 fully saturated rings. The highest BCUT2D eigenvalue weighted by atomic mass is 16.5. The average Bonchev–Trinajstić information content (AvgIpc) is 2.96. The SMILES string of the molecule is CCOc1ccc(N2C(=O)C[C@H]([NH+]3CCC[C@H]4CCCC[C@@H]43)C2=O)cc1. The Morgan fingerprint density at radius 3 is 2.58 bits per heavy atom. The first-order chi connectivity index (χ1) is 12.7. The predicted octanol–water partition coefficient (Wildman–Crippen LogP) is 1.95. The first kappa shape index (κ1) is 17.5. The molecule has 1 aromatic rings. The molecule has 0 bridgehead atoms. The highest BCUT2D eigenvalue weighted by molar-refractivity contribution is 6.21. The van der Waals surface area contributed by atoms with E-state index in [-0.39, 0.29) is 17.9 Å². The second-order valence-electron chi connectivity index (χ2n) is 7.87. The number of likely N-dealkylation sites (tertiary alicyclic amines) is 1. The number of rotatable bonds is 4. The molecule has 2 amide bonds. The smallest absolute Gasteiger partial charge is 0.292 e. The molecular weight excluding hydrogens is 328 g/mol. The fraction of sp³-hybridized carbons (Fsp3) is 0.619. The van der Waals surface area contributed by atoms with Crippen LogP contribution in [-0.4, -0.2) is 37.0 Å². The summed E-state index contributed by atoms with van der Waals surface area (Å²) in [7, 11) is 0. The van der Waals surface area contributed by atoms with Gasteiger partial charge in [-0.15, -0.1) is 0 Å². The van der Waals surface area contributed by atoms with Gasteiger partial charge in [0, 0.05) is 5.92 Å². The number of quaternary nitrogens is 1. The van der Waals surface area contributed by atoms with Gasteiger partial charge in [-0.05, 0) is 63.3 Å². The molecule has 2 heterocycles. The van der Waals surface area contributed by atoms with Crippen molar-refractivity contribution >= 4 is 17.5 Å². The molecule has 0 spiro atoms. The minimum Gasteiger partial charge on any atom is -0.494 e. The third kappa shape index (κ3) is 3.13. The summed E-state index contributed by atoms with van der Waals surface area (Å²) in [5.74, 6) is 1.43. The summed E-state index contributed by atoms with van der Waals surface area (Å²) in [6.45, 7) is 3.57. The Hall–Kier alpha value is -1.88. The van der Waals surface area contributed by atoms with Crippen molar-refractivity contribution in [2.45, 2.75) is 64.0 Å². The molecule has 0 aromatic heterocycles. The normalized spacial score (nSPS) is 31.8. The van der Waals surface area contributed by atoms with Gasteiger partial charge in [0.15, 0.2) is 6.04 Å². The largest absolute Gasteiger partial charge is 0.494 e. The minimum absolute atomic E-state index is 0.0135. The lowest BCUT2D eigenvalue weighted by Gasteiger charge is -2.43. The molecular formula is C21H29N2O3+. The van der Waals surface area contributed by atoms with Gasteiger partial charge in [0.1, 0.15) is 5.75 Å². The maximum absolute atomic E-state index is 13.2. The summed E-state index contributed by atoms with van der Waals surface area (Å²) < 4.78 is 5.46. The van der Waals surface area contributed by atoms with Gasteiger partial charge in [-0.25, -0.2) is 4.90 Å². The molecule has 5 nitrogen and oxygen atoms in total. The Morgan fingerprint density at radius 1 is 1.08 bits per heavy atom. The fourth-order valence-electron chi connectivity index (χ4n) is 5.28. The molecule has 5 heteroatoms. The Kier molecular flexibility index (Phi) is 4.98. The lowest BCUT2D eigenvalue weighted by molar-refractivity contribution is -0.950. The van der Waals surface area contributed by atoms with E-state index in [0.29, 0.717) is 24.8 Å². The lowest BCUT2D eigenvalue weighted by Crippen LogP contribution is -3.21. The Labute approximate surface area is 155 Å². The second-order valence-corrected chi connectivity index (χ2v) is 7.87. The van der Waals surface area contributed by atoms with Gasteiger partial charge in [0.2, 0.25) is 5.91 Å². The molecule has 0 radical (unpaired) electrons. The van der Waals surface area contributed by atoms with Crippen molar-refractivity contribution in [2.24, 2.45) is 5.92 Å². The van der Waals surface area contributed by atoms with Crippen molar-refractivity contribution in [3.63, 3.8) is 0 Å². The van der Waals surface area contributed by atoms with Crippen molar-refractivity contribution in [2.75, 3.05) is 18.1 Å². The molecule has 3 aliphatic rings. The number of hydrogen-bond donors (Lipinski definition) is 1. The molecule has 1 aromatic carbocycles. The molecule has 2 saturated heterocycles. The van der Waals surface area contributed by atoms with Gasteiger partial charge in [-0.2, -0.15) is 0 Å². The third-order valence-corrected chi connectivity index (χ3v) is 6.43. The van der Waals surface area contributed by atoms with Crippen molar-refractivity contribution in [1.29, 1.82) is 0 Å². The number of carbonyl (C=O) groups is 2. The quantitative estimate of drug-likeness (QED) is 0.838. The van der Waals surface area contributed by atoms with Crippen LogP contribution in [-0.2, 0) is 9.59 Å². The van der Waals surface area contributed by atoms with Crippen LogP contribution in [0.15, 0.2) is 24.3 Å². The predicted molar refractivity (Wildman–Crippen MR) is 99.3 cm³/mol. The molecule has 1 unspecified atom stereocenters. The van der Waals surface area contributed by atoms with Crippen LogP contribution >= 0.6 is 0 Å². The highest BCUT2D eigenvalue weighted by Crippen LogP contribution is 2.30. The van der Waals surface area contributed by atoms with Crippen molar-refractivity contribution in [3.8, 4) is 5.75 Å². The Bertz CT molecular complexity index is 670. The van der Waals surface area contributed by atoms with Gasteiger partial charge in [0.05, 0.1) is 31.3 Å². The van der Waals surface area contributed by atoms with E-state index in [1.807, 2.05) is 31.2 Å². The van der Waals surface area contributed by atoms with E-state index in [4.69, 9.17) is 4.74 Å². The maximum atomic E-state index is 13.2. The van der Waals surface area contributed by atoms with E-state index >= 15 is 0 Å². The topological polar surface area (TPSA) is 51.0 Å². The standard InChI is InChI=1S/C21H28N2O3/c1-2-26-17-11-9-16(10-12-17)23-20(24)14-19(21(23)25)22-13-5-7-15-6-3-4-8-18(15)22/h9-12,15,18-19H,2-8,13-14H2,1H3/p+1/t15-,18+,19+/m1/s1. The van der Waals surface area contributed by atoms with E-state index < -0.39 is 0 Å². The zero-order chi connectivity index (χ0) is 18.1. The van der Waals surface area contributed by atoms with E-state index in [0.717, 1.165) is 18.2 Å². The summed E-state index contributed by atoms with van der Waals surface area (Å²) in [6.07, 6.45) is 7.92. The summed E-state index contributed by atoms with van der Waals surface area (Å²) in [5, 5.41) is 0. The van der Waals surface area contributed by atoms with Gasteiger partial charge >= 0.3 is 0 Å². The Morgan fingerprint density at radius 2 is 1.81 bits per heavy atom. The number of benzene rings is 1.